The Bertz CT molecular complexity index is 745. The Morgan fingerprint density at radius 3 is 2.50 bits per heavy atom. The predicted molar refractivity (Wildman–Crippen MR) is 103 cm³/mol. The predicted octanol–water partition coefficient (Wildman–Crippen LogP) is 1.07. The molecule has 3 aliphatic rings. The first-order valence-corrected chi connectivity index (χ1v) is 9.94. The quantitative estimate of drug-likeness (QED) is 0.783. The smallest absolute Gasteiger partial charge is 0.329 e. The summed E-state index contributed by atoms with van der Waals surface area (Å²) in [4.78, 5) is 42.1. The van der Waals surface area contributed by atoms with Crippen molar-refractivity contribution in [1.29, 1.82) is 0 Å². The van der Waals surface area contributed by atoms with Gasteiger partial charge in [0.25, 0.3) is 5.91 Å². The highest BCUT2D eigenvalue weighted by molar-refractivity contribution is 6.12. The lowest BCUT2D eigenvalue weighted by Crippen LogP contribution is -2.51. The van der Waals surface area contributed by atoms with E-state index in [1.165, 1.54) is 4.90 Å². The lowest BCUT2D eigenvalue weighted by molar-refractivity contribution is -0.117. The van der Waals surface area contributed by atoms with E-state index < -0.39 is 6.03 Å². The summed E-state index contributed by atoms with van der Waals surface area (Å²) < 4.78 is 5.42. The lowest BCUT2D eigenvalue weighted by atomic mass is 10.00. The molecule has 0 saturated carbocycles. The number of morpholine rings is 1. The number of rotatable bonds is 4. The zero-order valence-corrected chi connectivity index (χ0v) is 15.9. The molecule has 8 heteroatoms. The summed E-state index contributed by atoms with van der Waals surface area (Å²) in [6, 6.07) is 6.74. The third-order valence-corrected chi connectivity index (χ3v) is 5.68. The van der Waals surface area contributed by atoms with E-state index in [1.807, 2.05) is 4.90 Å². The number of hydrogen-bond acceptors (Lipinski definition) is 5. The van der Waals surface area contributed by atoms with Crippen LogP contribution in [0, 0.1) is 0 Å². The van der Waals surface area contributed by atoms with Gasteiger partial charge in [0, 0.05) is 43.5 Å². The number of urea groups is 1. The minimum Gasteiger partial charge on any atom is -0.379 e. The van der Waals surface area contributed by atoms with Gasteiger partial charge in [-0.2, -0.15) is 0 Å². The number of piperidine rings is 1. The molecule has 3 heterocycles. The Hall–Kier alpha value is -2.45. The van der Waals surface area contributed by atoms with Crippen molar-refractivity contribution >= 4 is 23.5 Å². The molecule has 1 atom stereocenters. The average molecular weight is 386 g/mol. The molecule has 1 unspecified atom stereocenters. The molecule has 4 rings (SSSR count). The van der Waals surface area contributed by atoms with Crippen LogP contribution in [0.15, 0.2) is 24.3 Å². The lowest BCUT2D eigenvalue weighted by Gasteiger charge is -2.39. The van der Waals surface area contributed by atoms with Crippen LogP contribution in [0.4, 0.5) is 10.5 Å². The SMILES string of the molecule is O=C1CN(c2ccc(C(=O)N3CCCCC3CN3CCOCC3)cc2)C(=O)N1. The van der Waals surface area contributed by atoms with Gasteiger partial charge in [-0.05, 0) is 43.5 Å². The number of carbonyl (C=O) groups excluding carboxylic acids is 3. The van der Waals surface area contributed by atoms with Crippen molar-refractivity contribution in [3.63, 3.8) is 0 Å². The number of imide groups is 1. The van der Waals surface area contributed by atoms with Crippen LogP contribution in [0.25, 0.3) is 0 Å². The molecule has 0 aliphatic carbocycles. The van der Waals surface area contributed by atoms with Gasteiger partial charge in [0.1, 0.15) is 6.54 Å². The number of anilines is 1. The molecular formula is C20H26N4O4. The van der Waals surface area contributed by atoms with Crippen LogP contribution in [0.1, 0.15) is 29.6 Å². The van der Waals surface area contributed by atoms with Crippen molar-refractivity contribution < 1.29 is 19.1 Å². The molecule has 3 saturated heterocycles. The Morgan fingerprint density at radius 2 is 1.82 bits per heavy atom. The summed E-state index contributed by atoms with van der Waals surface area (Å²) in [5.41, 5.74) is 1.23. The largest absolute Gasteiger partial charge is 0.379 e. The molecule has 0 bridgehead atoms. The molecular weight excluding hydrogens is 360 g/mol. The van der Waals surface area contributed by atoms with Crippen LogP contribution < -0.4 is 10.2 Å². The van der Waals surface area contributed by atoms with Crippen LogP contribution in [0.5, 0.6) is 0 Å². The molecule has 150 valence electrons. The molecule has 1 N–H and O–H groups in total. The van der Waals surface area contributed by atoms with Gasteiger partial charge in [-0.1, -0.05) is 0 Å². The zero-order chi connectivity index (χ0) is 19.5. The van der Waals surface area contributed by atoms with Crippen LogP contribution in [-0.4, -0.2) is 79.6 Å². The normalized spacial score (nSPS) is 23.8. The van der Waals surface area contributed by atoms with Crippen molar-refractivity contribution in [3.05, 3.63) is 29.8 Å². The zero-order valence-electron chi connectivity index (χ0n) is 15.9. The molecule has 1 aromatic carbocycles. The second-order valence-electron chi connectivity index (χ2n) is 7.55. The second kappa shape index (κ2) is 8.28. The molecule has 3 aliphatic heterocycles. The van der Waals surface area contributed by atoms with E-state index in [9.17, 15) is 14.4 Å². The van der Waals surface area contributed by atoms with Crippen LogP contribution in [0.2, 0.25) is 0 Å². The van der Waals surface area contributed by atoms with Gasteiger partial charge in [-0.25, -0.2) is 4.79 Å². The molecule has 0 spiro atoms. The van der Waals surface area contributed by atoms with E-state index in [-0.39, 0.29) is 24.4 Å². The summed E-state index contributed by atoms with van der Waals surface area (Å²) in [7, 11) is 0. The number of nitrogens with zero attached hydrogens (tertiary/aromatic N) is 3. The van der Waals surface area contributed by atoms with Gasteiger partial charge < -0.3 is 9.64 Å². The van der Waals surface area contributed by atoms with Crippen molar-refractivity contribution in [2.75, 3.05) is 50.8 Å². The highest BCUT2D eigenvalue weighted by atomic mass is 16.5. The molecule has 8 nitrogen and oxygen atoms in total. The Morgan fingerprint density at radius 1 is 1.07 bits per heavy atom. The first-order chi connectivity index (χ1) is 13.6. The van der Waals surface area contributed by atoms with E-state index in [4.69, 9.17) is 4.74 Å². The van der Waals surface area contributed by atoms with Gasteiger partial charge in [0.15, 0.2) is 0 Å². The number of carbonyl (C=O) groups is 3. The van der Waals surface area contributed by atoms with Gasteiger partial charge in [-0.15, -0.1) is 0 Å². The van der Waals surface area contributed by atoms with Crippen LogP contribution in [-0.2, 0) is 9.53 Å². The van der Waals surface area contributed by atoms with Gasteiger partial charge in [0.2, 0.25) is 5.91 Å². The fraction of sp³-hybridized carbons (Fsp3) is 0.550. The number of benzene rings is 1. The van der Waals surface area contributed by atoms with E-state index in [2.05, 4.69) is 10.2 Å². The number of likely N-dealkylation sites (tertiary alicyclic amines) is 1. The topological polar surface area (TPSA) is 82.2 Å². The van der Waals surface area contributed by atoms with E-state index >= 15 is 0 Å². The fourth-order valence-corrected chi connectivity index (χ4v) is 4.14. The highest BCUT2D eigenvalue weighted by Crippen LogP contribution is 2.23. The third kappa shape index (κ3) is 4.02. The third-order valence-electron chi connectivity index (χ3n) is 5.68. The summed E-state index contributed by atoms with van der Waals surface area (Å²) >= 11 is 0. The van der Waals surface area contributed by atoms with Gasteiger partial charge in [-0.3, -0.25) is 24.7 Å². The fourth-order valence-electron chi connectivity index (χ4n) is 4.14. The molecule has 28 heavy (non-hydrogen) atoms. The monoisotopic (exact) mass is 386 g/mol. The minimum atomic E-state index is -0.425. The second-order valence-corrected chi connectivity index (χ2v) is 7.55. The standard InChI is InChI=1S/C20H26N4O4/c25-18-14-24(20(27)21-18)16-6-4-15(5-7-16)19(26)23-8-2-1-3-17(23)13-22-9-11-28-12-10-22/h4-7,17H,1-3,8-14H2,(H,21,25,27). The maximum absolute atomic E-state index is 13.1. The summed E-state index contributed by atoms with van der Waals surface area (Å²) in [5, 5.41) is 2.26. The van der Waals surface area contributed by atoms with Crippen LogP contribution >= 0.6 is 0 Å². The summed E-state index contributed by atoms with van der Waals surface area (Å²) in [5.74, 6) is -0.282. The van der Waals surface area contributed by atoms with E-state index in [1.54, 1.807) is 24.3 Å². The highest BCUT2D eigenvalue weighted by Gasteiger charge is 2.31. The molecule has 1 aromatic rings. The summed E-state index contributed by atoms with van der Waals surface area (Å²) in [6.45, 7) is 5.04. The van der Waals surface area contributed by atoms with E-state index in [0.717, 1.165) is 58.7 Å². The number of ether oxygens (including phenoxy) is 1. The maximum Gasteiger partial charge on any atom is 0.329 e. The maximum atomic E-state index is 13.1. The number of hydrogen-bond donors (Lipinski definition) is 1. The van der Waals surface area contributed by atoms with Crippen molar-refractivity contribution in [2.24, 2.45) is 0 Å². The van der Waals surface area contributed by atoms with E-state index in [0.29, 0.717) is 11.3 Å². The van der Waals surface area contributed by atoms with Crippen molar-refractivity contribution in [1.82, 2.24) is 15.1 Å². The van der Waals surface area contributed by atoms with Gasteiger partial charge >= 0.3 is 6.03 Å². The Kier molecular flexibility index (Phi) is 5.59. The van der Waals surface area contributed by atoms with Crippen molar-refractivity contribution in [3.8, 4) is 0 Å². The molecule has 0 radical (unpaired) electrons. The minimum absolute atomic E-state index is 0.0138. The number of amides is 4. The first-order valence-electron chi connectivity index (χ1n) is 9.94. The van der Waals surface area contributed by atoms with Gasteiger partial charge in [0.05, 0.1) is 13.2 Å². The van der Waals surface area contributed by atoms with Crippen LogP contribution in [0.3, 0.4) is 0 Å². The van der Waals surface area contributed by atoms with Crippen molar-refractivity contribution in [2.45, 2.75) is 25.3 Å². The first kappa shape index (κ1) is 18.9. The molecule has 0 aromatic heterocycles. The molecule has 3 fully saturated rings. The Labute approximate surface area is 164 Å². The molecule has 4 amide bonds. The Balaban J connectivity index is 1.44. The summed E-state index contributed by atoms with van der Waals surface area (Å²) in [6.07, 6.45) is 3.20. The average Bonchev–Trinajstić information content (AvgIpc) is 3.07. The number of nitrogens with one attached hydrogen (secondary N) is 1.